The lowest BCUT2D eigenvalue weighted by atomic mass is 10.2. The van der Waals surface area contributed by atoms with Gasteiger partial charge in [0.1, 0.15) is 12.4 Å². The topological polar surface area (TPSA) is 54.2 Å². The third kappa shape index (κ3) is 6.02. The van der Waals surface area contributed by atoms with Gasteiger partial charge in [-0.05, 0) is 25.3 Å². The number of rotatable bonds is 6. The van der Waals surface area contributed by atoms with Gasteiger partial charge in [0, 0.05) is 31.5 Å². The minimum atomic E-state index is 0. The van der Waals surface area contributed by atoms with Gasteiger partial charge in [0.15, 0.2) is 5.96 Å². The first-order valence-electron chi connectivity index (χ1n) is 8.94. The van der Waals surface area contributed by atoms with Crippen molar-refractivity contribution in [3.8, 4) is 0 Å². The second kappa shape index (κ2) is 10.4. The van der Waals surface area contributed by atoms with E-state index in [0.717, 1.165) is 24.9 Å². The maximum absolute atomic E-state index is 4.73. The van der Waals surface area contributed by atoms with E-state index >= 15 is 0 Å². The molecule has 25 heavy (non-hydrogen) atoms. The molecule has 0 atom stereocenters. The van der Waals surface area contributed by atoms with E-state index in [0.29, 0.717) is 12.6 Å². The van der Waals surface area contributed by atoms with Gasteiger partial charge in [0.25, 0.3) is 0 Å². The molecule has 1 heterocycles. The number of nitrogens with one attached hydrogen (secondary N) is 2. The van der Waals surface area contributed by atoms with E-state index in [1.165, 1.54) is 31.2 Å². The van der Waals surface area contributed by atoms with Crippen LogP contribution in [0.3, 0.4) is 0 Å². The van der Waals surface area contributed by atoms with Crippen LogP contribution >= 0.6 is 24.0 Å². The molecule has 0 unspecified atom stereocenters. The average Bonchev–Trinajstić information content (AvgIpc) is 3.26. The highest BCUT2D eigenvalue weighted by Gasteiger charge is 2.16. The Labute approximate surface area is 167 Å². The van der Waals surface area contributed by atoms with Crippen molar-refractivity contribution in [1.82, 2.24) is 20.2 Å². The zero-order chi connectivity index (χ0) is 16.6. The van der Waals surface area contributed by atoms with Gasteiger partial charge in [-0.25, -0.2) is 9.98 Å². The number of hydrogen-bond acceptors (Lipinski definition) is 2. The Morgan fingerprint density at radius 2 is 2.00 bits per heavy atom. The Morgan fingerprint density at radius 3 is 2.72 bits per heavy atom. The van der Waals surface area contributed by atoms with Gasteiger partial charge in [-0.2, -0.15) is 0 Å². The Balaban J connectivity index is 0.00000225. The minimum Gasteiger partial charge on any atom is -0.357 e. The normalized spacial score (nSPS) is 15.0. The first-order chi connectivity index (χ1) is 11.8. The predicted octanol–water partition coefficient (Wildman–Crippen LogP) is 3.55. The van der Waals surface area contributed by atoms with Crippen LogP contribution in [-0.4, -0.2) is 28.1 Å². The van der Waals surface area contributed by atoms with Crippen LogP contribution in [0.2, 0.25) is 0 Å². The number of benzene rings is 1. The van der Waals surface area contributed by atoms with Gasteiger partial charge in [-0.15, -0.1) is 24.0 Å². The lowest BCUT2D eigenvalue weighted by Gasteiger charge is -2.16. The molecule has 136 valence electrons. The van der Waals surface area contributed by atoms with Crippen molar-refractivity contribution in [2.75, 3.05) is 6.54 Å². The molecule has 0 spiro atoms. The van der Waals surface area contributed by atoms with Gasteiger partial charge < -0.3 is 15.2 Å². The molecule has 1 aliphatic carbocycles. The molecule has 1 aromatic heterocycles. The van der Waals surface area contributed by atoms with Crippen molar-refractivity contribution in [3.63, 3.8) is 0 Å². The fourth-order valence-electron chi connectivity index (χ4n) is 3.15. The lowest BCUT2D eigenvalue weighted by molar-refractivity contribution is 0.612. The number of aromatic nitrogens is 2. The summed E-state index contributed by atoms with van der Waals surface area (Å²) >= 11 is 0. The second-order valence-electron chi connectivity index (χ2n) is 6.28. The number of aliphatic imine (C=N–C) groups is 1. The van der Waals surface area contributed by atoms with E-state index in [4.69, 9.17) is 4.99 Å². The number of imidazole rings is 1. The molecule has 2 aromatic rings. The summed E-state index contributed by atoms with van der Waals surface area (Å²) in [6.45, 7) is 4.39. The third-order valence-corrected chi connectivity index (χ3v) is 4.42. The highest BCUT2D eigenvalue weighted by molar-refractivity contribution is 14.0. The molecule has 1 aliphatic rings. The van der Waals surface area contributed by atoms with Gasteiger partial charge in [0.05, 0.1) is 0 Å². The SMILES string of the molecule is CCNC(=NCc1nccn1Cc1ccccc1)NC1CCCC1.I. The fraction of sp³-hybridized carbons (Fsp3) is 0.474. The van der Waals surface area contributed by atoms with Crippen molar-refractivity contribution < 1.29 is 0 Å². The first-order valence-corrected chi connectivity index (χ1v) is 8.94. The summed E-state index contributed by atoms with van der Waals surface area (Å²) in [7, 11) is 0. The highest BCUT2D eigenvalue weighted by Crippen LogP contribution is 2.17. The summed E-state index contributed by atoms with van der Waals surface area (Å²) in [5.74, 6) is 1.89. The summed E-state index contributed by atoms with van der Waals surface area (Å²) < 4.78 is 2.16. The van der Waals surface area contributed by atoms with Crippen LogP contribution in [0.25, 0.3) is 0 Å². The summed E-state index contributed by atoms with van der Waals surface area (Å²) in [4.78, 5) is 9.21. The zero-order valence-electron chi connectivity index (χ0n) is 14.8. The molecule has 1 fully saturated rings. The van der Waals surface area contributed by atoms with Crippen molar-refractivity contribution in [2.24, 2.45) is 4.99 Å². The van der Waals surface area contributed by atoms with E-state index in [1.807, 2.05) is 18.5 Å². The molecule has 5 nitrogen and oxygen atoms in total. The van der Waals surface area contributed by atoms with Gasteiger partial charge in [-0.3, -0.25) is 0 Å². The summed E-state index contributed by atoms with van der Waals surface area (Å²) in [5.41, 5.74) is 1.27. The molecule has 0 radical (unpaired) electrons. The molecule has 1 saturated carbocycles. The van der Waals surface area contributed by atoms with Gasteiger partial charge >= 0.3 is 0 Å². The zero-order valence-corrected chi connectivity index (χ0v) is 17.1. The Hall–Kier alpha value is -1.57. The average molecular weight is 453 g/mol. The van der Waals surface area contributed by atoms with E-state index in [2.05, 4.69) is 51.4 Å². The molecule has 0 bridgehead atoms. The van der Waals surface area contributed by atoms with Crippen LogP contribution in [0.1, 0.15) is 44.0 Å². The smallest absolute Gasteiger partial charge is 0.191 e. The Kier molecular flexibility index (Phi) is 8.24. The van der Waals surface area contributed by atoms with Crippen molar-refractivity contribution in [1.29, 1.82) is 0 Å². The van der Waals surface area contributed by atoms with Crippen molar-refractivity contribution >= 4 is 29.9 Å². The maximum Gasteiger partial charge on any atom is 0.191 e. The molecule has 0 aliphatic heterocycles. The van der Waals surface area contributed by atoms with Gasteiger partial charge in [0.2, 0.25) is 0 Å². The summed E-state index contributed by atoms with van der Waals surface area (Å²) in [5, 5.41) is 6.89. The van der Waals surface area contributed by atoms with E-state index in [1.54, 1.807) is 0 Å². The Morgan fingerprint density at radius 1 is 1.24 bits per heavy atom. The summed E-state index contributed by atoms with van der Waals surface area (Å²) in [6, 6.07) is 11.0. The van der Waals surface area contributed by atoms with Crippen molar-refractivity contribution in [2.45, 2.75) is 51.7 Å². The quantitative estimate of drug-likeness (QED) is 0.400. The van der Waals surface area contributed by atoms with E-state index < -0.39 is 0 Å². The third-order valence-electron chi connectivity index (χ3n) is 4.42. The number of guanidine groups is 1. The van der Waals surface area contributed by atoms with Crippen LogP contribution in [0.15, 0.2) is 47.7 Å². The second-order valence-corrected chi connectivity index (χ2v) is 6.28. The lowest BCUT2D eigenvalue weighted by Crippen LogP contribution is -2.42. The van der Waals surface area contributed by atoms with Gasteiger partial charge in [-0.1, -0.05) is 43.2 Å². The van der Waals surface area contributed by atoms with Crippen LogP contribution in [0.4, 0.5) is 0 Å². The van der Waals surface area contributed by atoms with Crippen LogP contribution in [-0.2, 0) is 13.1 Å². The maximum atomic E-state index is 4.73. The molecular formula is C19H28IN5. The standard InChI is InChI=1S/C19H27N5.HI/c1-2-20-19(23-17-10-6-7-11-17)22-14-18-21-12-13-24(18)15-16-8-4-3-5-9-16;/h3-5,8-9,12-13,17H,2,6-7,10-11,14-15H2,1H3,(H2,20,22,23);1H. The number of halogens is 1. The number of nitrogens with zero attached hydrogens (tertiary/aromatic N) is 3. The van der Waals surface area contributed by atoms with Crippen LogP contribution < -0.4 is 10.6 Å². The summed E-state index contributed by atoms with van der Waals surface area (Å²) in [6.07, 6.45) is 9.00. The van der Waals surface area contributed by atoms with Crippen molar-refractivity contribution in [3.05, 3.63) is 54.1 Å². The largest absolute Gasteiger partial charge is 0.357 e. The minimum absolute atomic E-state index is 0. The van der Waals surface area contributed by atoms with E-state index in [9.17, 15) is 0 Å². The monoisotopic (exact) mass is 453 g/mol. The Bertz CT molecular complexity index is 647. The fourth-order valence-corrected chi connectivity index (χ4v) is 3.15. The highest BCUT2D eigenvalue weighted by atomic mass is 127. The molecule has 6 heteroatoms. The molecule has 1 aromatic carbocycles. The van der Waals surface area contributed by atoms with Crippen LogP contribution in [0.5, 0.6) is 0 Å². The molecule has 2 N–H and O–H groups in total. The molecule has 3 rings (SSSR count). The molecule has 0 saturated heterocycles. The predicted molar refractivity (Wildman–Crippen MR) is 113 cm³/mol. The molecular weight excluding hydrogens is 425 g/mol. The first kappa shape index (κ1) is 19.8. The van der Waals surface area contributed by atoms with Crippen LogP contribution in [0, 0.1) is 0 Å². The number of hydrogen-bond donors (Lipinski definition) is 2. The molecule has 0 amide bonds. The van der Waals surface area contributed by atoms with E-state index in [-0.39, 0.29) is 24.0 Å².